The Balaban J connectivity index is 2.34. The maximum atomic E-state index is 13.3. The van der Waals surface area contributed by atoms with Gasteiger partial charge >= 0.3 is 5.69 Å². The fourth-order valence-electron chi connectivity index (χ4n) is 3.32. The SMILES string of the molecule is CCn1c(=O)n(CC)c2cc(S(=O)(=O)c3ccccc3)c(NC(=O)COC)cc21. The molecule has 9 heteroatoms. The zero-order chi connectivity index (χ0) is 21.2. The van der Waals surface area contributed by atoms with Gasteiger partial charge in [0.05, 0.1) is 26.5 Å². The van der Waals surface area contributed by atoms with Crippen LogP contribution in [0.2, 0.25) is 0 Å². The highest BCUT2D eigenvalue weighted by Gasteiger charge is 2.25. The normalized spacial score (nSPS) is 11.7. The Hall–Kier alpha value is -2.91. The fourth-order valence-corrected chi connectivity index (χ4v) is 4.75. The molecule has 1 aromatic heterocycles. The Bertz CT molecular complexity index is 1210. The number of methoxy groups -OCH3 is 1. The number of sulfone groups is 1. The number of aryl methyl sites for hydroxylation is 2. The van der Waals surface area contributed by atoms with Crippen molar-refractivity contribution in [1.82, 2.24) is 9.13 Å². The zero-order valence-electron chi connectivity index (χ0n) is 16.5. The number of fused-ring (bicyclic) bond motifs is 1. The summed E-state index contributed by atoms with van der Waals surface area (Å²) in [6.07, 6.45) is 0. The van der Waals surface area contributed by atoms with Crippen LogP contribution in [0.4, 0.5) is 5.69 Å². The van der Waals surface area contributed by atoms with Gasteiger partial charge in [-0.1, -0.05) is 18.2 Å². The summed E-state index contributed by atoms with van der Waals surface area (Å²) in [7, 11) is -2.56. The van der Waals surface area contributed by atoms with Crippen LogP contribution in [-0.4, -0.2) is 37.2 Å². The molecule has 0 spiro atoms. The Morgan fingerprint density at radius 3 is 2.17 bits per heavy atom. The number of aromatic nitrogens is 2. The molecule has 1 amide bonds. The van der Waals surface area contributed by atoms with Gasteiger partial charge in [-0.25, -0.2) is 13.2 Å². The summed E-state index contributed by atoms with van der Waals surface area (Å²) < 4.78 is 34.5. The summed E-state index contributed by atoms with van der Waals surface area (Å²) >= 11 is 0. The number of ether oxygens (including phenoxy) is 1. The van der Waals surface area contributed by atoms with Gasteiger partial charge in [0.15, 0.2) is 0 Å². The molecule has 0 atom stereocenters. The number of rotatable bonds is 7. The van der Waals surface area contributed by atoms with Gasteiger partial charge in [0.2, 0.25) is 15.7 Å². The summed E-state index contributed by atoms with van der Waals surface area (Å²) in [5.74, 6) is -0.489. The zero-order valence-corrected chi connectivity index (χ0v) is 17.3. The van der Waals surface area contributed by atoms with Crippen LogP contribution in [0.3, 0.4) is 0 Å². The van der Waals surface area contributed by atoms with Gasteiger partial charge in [0, 0.05) is 20.2 Å². The number of carbonyl (C=O) groups is 1. The monoisotopic (exact) mass is 417 g/mol. The minimum absolute atomic E-state index is 0.0730. The molecule has 2 aromatic carbocycles. The first-order chi connectivity index (χ1) is 13.8. The number of hydrogen-bond donors (Lipinski definition) is 1. The van der Waals surface area contributed by atoms with Crippen LogP contribution in [0.1, 0.15) is 13.8 Å². The number of imidazole rings is 1. The second kappa shape index (κ2) is 8.22. The van der Waals surface area contributed by atoms with E-state index in [-0.39, 0.29) is 27.8 Å². The summed E-state index contributed by atoms with van der Waals surface area (Å²) in [5, 5.41) is 2.61. The fraction of sp³-hybridized carbons (Fsp3) is 0.300. The van der Waals surface area contributed by atoms with Crippen LogP contribution in [0.25, 0.3) is 11.0 Å². The number of amides is 1. The third kappa shape index (κ3) is 3.70. The molecule has 154 valence electrons. The maximum absolute atomic E-state index is 13.3. The van der Waals surface area contributed by atoms with Crippen molar-refractivity contribution < 1.29 is 17.9 Å². The summed E-state index contributed by atoms with van der Waals surface area (Å²) in [4.78, 5) is 24.9. The van der Waals surface area contributed by atoms with Gasteiger partial charge in [-0.15, -0.1) is 0 Å². The molecule has 0 bridgehead atoms. The molecule has 1 heterocycles. The summed E-state index contributed by atoms with van der Waals surface area (Å²) in [6.45, 7) is 4.24. The molecule has 0 aliphatic heterocycles. The van der Waals surface area contributed by atoms with E-state index in [0.29, 0.717) is 24.1 Å². The molecular weight excluding hydrogens is 394 g/mol. The standard InChI is InChI=1S/C20H23N3O5S/c1-4-22-16-11-15(21-19(24)13-28-3)18(12-17(16)23(5-2)20(22)25)29(26,27)14-9-7-6-8-10-14/h6-12H,4-5,13H2,1-3H3,(H,21,24). The molecule has 8 nitrogen and oxygen atoms in total. The van der Waals surface area contributed by atoms with Crippen molar-refractivity contribution in [2.24, 2.45) is 0 Å². The minimum Gasteiger partial charge on any atom is -0.375 e. The first-order valence-electron chi connectivity index (χ1n) is 9.21. The quantitative estimate of drug-likeness (QED) is 0.636. The number of anilines is 1. The highest BCUT2D eigenvalue weighted by Crippen LogP contribution is 2.32. The molecule has 0 unspecified atom stereocenters. The molecule has 0 fully saturated rings. The Kier molecular flexibility index (Phi) is 5.90. The van der Waals surface area contributed by atoms with Crippen molar-refractivity contribution in [3.05, 3.63) is 52.9 Å². The van der Waals surface area contributed by atoms with Crippen LogP contribution < -0.4 is 11.0 Å². The average molecular weight is 417 g/mol. The highest BCUT2D eigenvalue weighted by molar-refractivity contribution is 7.91. The largest absolute Gasteiger partial charge is 0.375 e. The third-order valence-electron chi connectivity index (χ3n) is 4.65. The predicted molar refractivity (Wildman–Crippen MR) is 110 cm³/mol. The van der Waals surface area contributed by atoms with Gasteiger partial charge in [-0.05, 0) is 38.1 Å². The van der Waals surface area contributed by atoms with E-state index in [9.17, 15) is 18.0 Å². The van der Waals surface area contributed by atoms with Gasteiger partial charge in [-0.3, -0.25) is 13.9 Å². The van der Waals surface area contributed by atoms with Crippen LogP contribution in [-0.2, 0) is 32.5 Å². The van der Waals surface area contributed by atoms with Crippen LogP contribution in [0.15, 0.2) is 57.1 Å². The molecular formula is C20H23N3O5S. The molecule has 0 aliphatic rings. The lowest BCUT2D eigenvalue weighted by atomic mass is 10.2. The Morgan fingerprint density at radius 2 is 1.62 bits per heavy atom. The van der Waals surface area contributed by atoms with Crippen molar-refractivity contribution in [2.75, 3.05) is 19.0 Å². The van der Waals surface area contributed by atoms with Crippen LogP contribution in [0, 0.1) is 0 Å². The molecule has 0 aliphatic carbocycles. The summed E-state index contributed by atoms with van der Waals surface area (Å²) in [5.41, 5.74) is 0.935. The van der Waals surface area contributed by atoms with Crippen molar-refractivity contribution in [2.45, 2.75) is 36.7 Å². The van der Waals surface area contributed by atoms with Gasteiger partial charge in [0.25, 0.3) is 0 Å². The van der Waals surface area contributed by atoms with Crippen LogP contribution in [0.5, 0.6) is 0 Å². The molecule has 0 saturated carbocycles. The lowest BCUT2D eigenvalue weighted by Gasteiger charge is -2.13. The van der Waals surface area contributed by atoms with E-state index < -0.39 is 15.7 Å². The number of carbonyl (C=O) groups excluding carboxylic acids is 1. The lowest BCUT2D eigenvalue weighted by molar-refractivity contribution is -0.119. The molecule has 1 N–H and O–H groups in total. The van der Waals surface area contributed by atoms with E-state index >= 15 is 0 Å². The van der Waals surface area contributed by atoms with Crippen molar-refractivity contribution >= 4 is 32.5 Å². The van der Waals surface area contributed by atoms with Crippen molar-refractivity contribution in [3.63, 3.8) is 0 Å². The highest BCUT2D eigenvalue weighted by atomic mass is 32.2. The smallest absolute Gasteiger partial charge is 0.329 e. The number of hydrogen-bond acceptors (Lipinski definition) is 5. The van der Waals surface area contributed by atoms with E-state index in [1.807, 2.05) is 13.8 Å². The lowest BCUT2D eigenvalue weighted by Crippen LogP contribution is -2.23. The Labute approximate surface area is 168 Å². The second-order valence-corrected chi connectivity index (χ2v) is 8.32. The van der Waals surface area contributed by atoms with Gasteiger partial charge in [-0.2, -0.15) is 0 Å². The number of benzene rings is 2. The molecule has 3 rings (SSSR count). The Morgan fingerprint density at radius 1 is 1.03 bits per heavy atom. The predicted octanol–water partition coefficient (Wildman–Crippen LogP) is 2.26. The van der Waals surface area contributed by atoms with E-state index in [1.54, 1.807) is 22.8 Å². The maximum Gasteiger partial charge on any atom is 0.329 e. The van der Waals surface area contributed by atoms with E-state index in [1.165, 1.54) is 35.9 Å². The third-order valence-corrected chi connectivity index (χ3v) is 6.45. The second-order valence-electron chi connectivity index (χ2n) is 6.41. The summed E-state index contributed by atoms with van der Waals surface area (Å²) in [6, 6.07) is 11.0. The van der Waals surface area contributed by atoms with Crippen molar-refractivity contribution in [3.8, 4) is 0 Å². The van der Waals surface area contributed by atoms with Crippen LogP contribution >= 0.6 is 0 Å². The molecule has 29 heavy (non-hydrogen) atoms. The minimum atomic E-state index is -3.94. The molecule has 3 aromatic rings. The number of nitrogens with zero attached hydrogens (tertiary/aromatic N) is 2. The topological polar surface area (TPSA) is 99.4 Å². The molecule has 0 saturated heterocycles. The van der Waals surface area contributed by atoms with E-state index in [4.69, 9.17) is 4.74 Å². The van der Waals surface area contributed by atoms with Gasteiger partial charge in [0.1, 0.15) is 6.61 Å². The molecule has 0 radical (unpaired) electrons. The number of nitrogens with one attached hydrogen (secondary N) is 1. The average Bonchev–Trinajstić information content (AvgIpc) is 2.97. The van der Waals surface area contributed by atoms with E-state index in [0.717, 1.165) is 0 Å². The van der Waals surface area contributed by atoms with Gasteiger partial charge < -0.3 is 10.1 Å². The first kappa shape index (κ1) is 20.8. The van der Waals surface area contributed by atoms with Crippen molar-refractivity contribution in [1.29, 1.82) is 0 Å². The van der Waals surface area contributed by atoms with E-state index in [2.05, 4.69) is 5.32 Å². The first-order valence-corrected chi connectivity index (χ1v) is 10.7.